The van der Waals surface area contributed by atoms with E-state index in [1.165, 1.54) is 0 Å². The largest absolute Gasteiger partial charge is 0.488 e. The fourth-order valence-corrected chi connectivity index (χ4v) is 4.28. The number of benzene rings is 1. The summed E-state index contributed by atoms with van der Waals surface area (Å²) >= 11 is 1.62. The average molecular weight is 295 g/mol. The predicted octanol–water partition coefficient (Wildman–Crippen LogP) is 1.59. The number of fused-ring (bicyclic) bond motifs is 1. The molecule has 4 rings (SSSR count). The minimum atomic E-state index is -0.270. The van der Waals surface area contributed by atoms with E-state index in [4.69, 9.17) is 16.2 Å². The van der Waals surface area contributed by atoms with Crippen LogP contribution < -0.4 is 21.1 Å². The van der Waals surface area contributed by atoms with E-state index in [-0.39, 0.29) is 22.0 Å². The highest BCUT2D eigenvalue weighted by Crippen LogP contribution is 2.60. The first-order chi connectivity index (χ1) is 9.63. The zero-order valence-electron chi connectivity index (χ0n) is 11.1. The minimum Gasteiger partial charge on any atom is -0.488 e. The topological polar surface area (TPSA) is 64.5 Å². The third kappa shape index (κ3) is 1.61. The van der Waals surface area contributed by atoms with Crippen LogP contribution in [-0.2, 0) is 0 Å². The molecule has 0 amide bonds. The van der Waals surface area contributed by atoms with E-state index < -0.39 is 0 Å². The molecule has 3 atom stereocenters. The summed E-state index contributed by atoms with van der Waals surface area (Å²) in [6.45, 7) is 2.21. The maximum Gasteiger partial charge on any atom is 0.188 e. The molecular weight excluding hydrogens is 277 g/mol. The van der Waals surface area contributed by atoms with Crippen LogP contribution >= 0.6 is 11.8 Å². The Morgan fingerprint density at radius 2 is 2.00 bits per heavy atom. The summed E-state index contributed by atoms with van der Waals surface area (Å²) < 4.78 is 20.1. The number of nitrogens with two attached hydrogens (primary N) is 2. The van der Waals surface area contributed by atoms with Crippen LogP contribution in [0.3, 0.4) is 0 Å². The number of ether oxygens (including phenoxy) is 1. The van der Waals surface area contributed by atoms with E-state index in [2.05, 4.69) is 4.90 Å². The van der Waals surface area contributed by atoms with Gasteiger partial charge >= 0.3 is 0 Å². The van der Waals surface area contributed by atoms with Crippen LogP contribution in [0.15, 0.2) is 12.1 Å². The van der Waals surface area contributed by atoms with Crippen molar-refractivity contribution in [2.75, 3.05) is 24.6 Å². The third-order valence-corrected chi connectivity index (χ3v) is 6.11. The molecule has 2 unspecified atom stereocenters. The first-order valence-electron chi connectivity index (χ1n) is 7.02. The van der Waals surface area contributed by atoms with Crippen LogP contribution in [0.2, 0.25) is 0 Å². The fourth-order valence-electron chi connectivity index (χ4n) is 3.26. The van der Waals surface area contributed by atoms with Crippen LogP contribution in [-0.4, -0.2) is 29.8 Å². The predicted molar refractivity (Wildman–Crippen MR) is 78.6 cm³/mol. The lowest BCUT2D eigenvalue weighted by molar-refractivity contribution is 0.225. The number of nitrogens with zero attached hydrogens (tertiary/aromatic N) is 1. The van der Waals surface area contributed by atoms with Gasteiger partial charge in [0, 0.05) is 18.7 Å². The van der Waals surface area contributed by atoms with Gasteiger partial charge in [0.1, 0.15) is 6.61 Å². The van der Waals surface area contributed by atoms with Crippen molar-refractivity contribution in [3.8, 4) is 5.75 Å². The van der Waals surface area contributed by atoms with Gasteiger partial charge in [-0.3, -0.25) is 0 Å². The Labute approximate surface area is 121 Å². The first-order valence-corrected chi connectivity index (χ1v) is 7.90. The van der Waals surface area contributed by atoms with E-state index in [0.29, 0.717) is 18.0 Å². The molecule has 1 aromatic rings. The van der Waals surface area contributed by atoms with Gasteiger partial charge in [0.2, 0.25) is 0 Å². The van der Waals surface area contributed by atoms with Crippen molar-refractivity contribution in [2.45, 2.75) is 29.0 Å². The molecule has 6 heteroatoms. The molecule has 0 radical (unpaired) electrons. The second kappa shape index (κ2) is 4.26. The average Bonchev–Trinajstić information content (AvgIpc) is 2.88. The van der Waals surface area contributed by atoms with Crippen molar-refractivity contribution in [1.29, 1.82) is 0 Å². The van der Waals surface area contributed by atoms with Crippen LogP contribution in [0, 0.1) is 5.82 Å². The van der Waals surface area contributed by atoms with Crippen molar-refractivity contribution in [2.24, 2.45) is 11.5 Å². The van der Waals surface area contributed by atoms with Gasteiger partial charge in [-0.05, 0) is 18.9 Å². The number of thioether (sulfide) groups is 1. The van der Waals surface area contributed by atoms with Crippen molar-refractivity contribution in [3.63, 3.8) is 0 Å². The summed E-state index contributed by atoms with van der Waals surface area (Å²) in [6.07, 6.45) is 2.23. The quantitative estimate of drug-likeness (QED) is 0.770. The van der Waals surface area contributed by atoms with E-state index in [1.807, 2.05) is 12.1 Å². The van der Waals surface area contributed by atoms with Gasteiger partial charge in [-0.1, -0.05) is 6.07 Å². The van der Waals surface area contributed by atoms with Gasteiger partial charge < -0.3 is 21.1 Å². The Balaban J connectivity index is 1.73. The molecule has 2 fully saturated rings. The molecule has 3 heterocycles. The maximum absolute atomic E-state index is 14.7. The number of hydrogen-bond acceptors (Lipinski definition) is 5. The van der Waals surface area contributed by atoms with Gasteiger partial charge in [0.15, 0.2) is 11.6 Å². The normalized spacial score (nSPS) is 35.0. The summed E-state index contributed by atoms with van der Waals surface area (Å²) in [6, 6.07) is 3.48. The summed E-state index contributed by atoms with van der Waals surface area (Å²) in [7, 11) is 0. The Hall–Kier alpha value is -0.980. The molecule has 1 spiro atoms. The molecule has 4 N–H and O–H groups in total. The maximum atomic E-state index is 14.7. The molecule has 20 heavy (non-hydrogen) atoms. The van der Waals surface area contributed by atoms with Crippen LogP contribution in [0.25, 0.3) is 0 Å². The molecule has 0 saturated carbocycles. The smallest absolute Gasteiger partial charge is 0.188 e. The highest BCUT2D eigenvalue weighted by atomic mass is 32.2. The fraction of sp³-hybridized carbons (Fsp3) is 0.571. The molecule has 0 aromatic heterocycles. The minimum absolute atomic E-state index is 0.00744. The summed E-state index contributed by atoms with van der Waals surface area (Å²) in [4.78, 5) is 2.08. The van der Waals surface area contributed by atoms with Crippen LogP contribution in [0.1, 0.15) is 24.4 Å². The lowest BCUT2D eigenvalue weighted by Crippen LogP contribution is -2.42. The van der Waals surface area contributed by atoms with Crippen molar-refractivity contribution < 1.29 is 9.13 Å². The first kappa shape index (κ1) is 12.7. The van der Waals surface area contributed by atoms with Gasteiger partial charge in [0.25, 0.3) is 0 Å². The van der Waals surface area contributed by atoms with Gasteiger partial charge in [-0.2, -0.15) is 0 Å². The summed E-state index contributed by atoms with van der Waals surface area (Å²) in [5, 5.41) is -0.00744. The summed E-state index contributed by atoms with van der Waals surface area (Å²) in [5.41, 5.74) is 13.6. The molecule has 4 nitrogen and oxygen atoms in total. The molecular formula is C14H18FN3OS. The van der Waals surface area contributed by atoms with Gasteiger partial charge in [-0.15, -0.1) is 11.8 Å². The van der Waals surface area contributed by atoms with Crippen molar-refractivity contribution in [3.05, 3.63) is 23.5 Å². The second-order valence-electron chi connectivity index (χ2n) is 5.77. The molecule has 0 bridgehead atoms. The molecule has 1 aromatic carbocycles. The Morgan fingerprint density at radius 3 is 2.65 bits per heavy atom. The number of halogens is 1. The highest BCUT2D eigenvalue weighted by Gasteiger charge is 2.61. The third-order valence-electron chi connectivity index (χ3n) is 4.63. The molecule has 0 aliphatic carbocycles. The zero-order chi connectivity index (χ0) is 13.9. The van der Waals surface area contributed by atoms with Crippen molar-refractivity contribution in [1.82, 2.24) is 0 Å². The van der Waals surface area contributed by atoms with E-state index in [9.17, 15) is 4.39 Å². The van der Waals surface area contributed by atoms with Gasteiger partial charge in [-0.25, -0.2) is 4.39 Å². The van der Waals surface area contributed by atoms with Gasteiger partial charge in [0.05, 0.1) is 21.9 Å². The lowest BCUT2D eigenvalue weighted by atomic mass is 9.91. The lowest BCUT2D eigenvalue weighted by Gasteiger charge is -2.32. The zero-order valence-corrected chi connectivity index (χ0v) is 12.0. The van der Waals surface area contributed by atoms with Crippen molar-refractivity contribution >= 4 is 17.4 Å². The van der Waals surface area contributed by atoms with Crippen LogP contribution in [0.5, 0.6) is 5.75 Å². The monoisotopic (exact) mass is 295 g/mol. The Bertz CT molecular complexity index is 564. The molecule has 108 valence electrons. The van der Waals surface area contributed by atoms with E-state index in [0.717, 1.165) is 31.5 Å². The van der Waals surface area contributed by atoms with E-state index in [1.54, 1.807) is 11.8 Å². The Morgan fingerprint density at radius 1 is 1.30 bits per heavy atom. The Kier molecular flexibility index (Phi) is 2.71. The SMILES string of the molecule is NC1S[C@]12COc1c(ccc(N3CCCC3)c1F)C2N. The molecule has 3 aliphatic rings. The standard InChI is InChI=1S/C14H18FN3OS/c15-10-9(18-5-1-2-6-18)4-3-8-11(10)19-7-14(12(8)16)13(17)20-14/h3-4,12-13H,1-2,5-7,16-17H2/t12?,13?,14-/m0/s1. The number of anilines is 1. The molecule has 2 saturated heterocycles. The van der Waals surface area contributed by atoms with Crippen LogP contribution in [0.4, 0.5) is 10.1 Å². The summed E-state index contributed by atoms with van der Waals surface area (Å²) in [5.74, 6) is 0.0566. The second-order valence-corrected chi connectivity index (χ2v) is 7.27. The van der Waals surface area contributed by atoms with E-state index >= 15 is 0 Å². The molecule has 3 aliphatic heterocycles. The number of hydrogen-bond donors (Lipinski definition) is 2. The highest BCUT2D eigenvalue weighted by molar-refractivity contribution is 8.08. The number of rotatable bonds is 1.